The van der Waals surface area contributed by atoms with E-state index in [1.54, 1.807) is 0 Å². The number of nitrogens with one attached hydrogen (secondary N) is 1. The van der Waals surface area contributed by atoms with Gasteiger partial charge in [0.25, 0.3) is 0 Å². The molecule has 0 aromatic rings. The lowest BCUT2D eigenvalue weighted by Gasteiger charge is -1.92. The van der Waals surface area contributed by atoms with E-state index in [2.05, 4.69) is 15.9 Å². The van der Waals surface area contributed by atoms with Crippen molar-refractivity contribution < 1.29 is 9.90 Å². The highest BCUT2D eigenvalue weighted by Gasteiger charge is 2.08. The van der Waals surface area contributed by atoms with Crippen molar-refractivity contribution in [1.29, 1.82) is 5.41 Å². The molecule has 0 aromatic heterocycles. The highest BCUT2D eigenvalue weighted by Crippen LogP contribution is 2.00. The summed E-state index contributed by atoms with van der Waals surface area (Å²) in [6.45, 7) is 0. The lowest BCUT2D eigenvalue weighted by atomic mass is 10.3. The molecule has 0 aliphatic rings. The van der Waals surface area contributed by atoms with E-state index in [9.17, 15) is 4.79 Å². The lowest BCUT2D eigenvalue weighted by molar-refractivity contribution is -0.132. The largest absolute Gasteiger partial charge is 0.478 e. The summed E-state index contributed by atoms with van der Waals surface area (Å²) in [6, 6.07) is 0. The maximum atomic E-state index is 10.1. The molecule has 0 aromatic carbocycles. The number of aliphatic carboxylic acids is 1. The Bertz CT molecular complexity index is 159. The fourth-order valence-corrected chi connectivity index (χ4v) is 0.540. The van der Waals surface area contributed by atoms with Gasteiger partial charge in [0, 0.05) is 6.20 Å². The Morgan fingerprint density at radius 2 is 2.22 bits per heavy atom. The molecule has 0 amide bonds. The van der Waals surface area contributed by atoms with Gasteiger partial charge >= 0.3 is 5.97 Å². The van der Waals surface area contributed by atoms with Crippen LogP contribution in [-0.2, 0) is 4.79 Å². The Labute approximate surface area is 60.0 Å². The van der Waals surface area contributed by atoms with Gasteiger partial charge in [-0.05, 0) is 15.9 Å². The summed E-state index contributed by atoms with van der Waals surface area (Å²) in [5.41, 5.74) is 4.62. The molecule has 0 fully saturated rings. The number of hydrogen-bond acceptors (Lipinski definition) is 3. The first-order chi connectivity index (χ1) is 4.09. The van der Waals surface area contributed by atoms with E-state index in [1.807, 2.05) is 0 Å². The number of hydrogen-bond donors (Lipinski definition) is 3. The van der Waals surface area contributed by atoms with E-state index >= 15 is 0 Å². The van der Waals surface area contributed by atoms with Crippen molar-refractivity contribution in [3.8, 4) is 0 Å². The first kappa shape index (κ1) is 8.16. The van der Waals surface area contributed by atoms with Gasteiger partial charge in [0.2, 0.25) is 0 Å². The van der Waals surface area contributed by atoms with E-state index in [0.29, 0.717) is 0 Å². The number of nitrogens with two attached hydrogens (primary N) is 1. The SMILES string of the molecule is N=C(Br)/C(=C\N)C(=O)O. The van der Waals surface area contributed by atoms with Crippen molar-refractivity contribution in [2.75, 3.05) is 0 Å². The molecule has 4 nitrogen and oxygen atoms in total. The van der Waals surface area contributed by atoms with Crippen molar-refractivity contribution in [3.63, 3.8) is 0 Å². The van der Waals surface area contributed by atoms with Crippen LogP contribution in [0.15, 0.2) is 11.8 Å². The molecule has 0 atom stereocenters. The van der Waals surface area contributed by atoms with Gasteiger partial charge in [-0.25, -0.2) is 4.79 Å². The Hall–Kier alpha value is -0.840. The van der Waals surface area contributed by atoms with Gasteiger partial charge in [0.05, 0.1) is 0 Å². The summed E-state index contributed by atoms with van der Waals surface area (Å²) >= 11 is 2.66. The quantitative estimate of drug-likeness (QED) is 0.434. The van der Waals surface area contributed by atoms with Crippen LogP contribution in [0.1, 0.15) is 0 Å². The number of carbonyl (C=O) groups is 1. The standard InChI is InChI=1S/C4H5BrN2O2/c5-3(7)2(1-6)4(8)9/h1,7H,6H2,(H,8,9)/b2-1+,7-3?. The van der Waals surface area contributed by atoms with Crippen LogP contribution in [-0.4, -0.2) is 15.7 Å². The van der Waals surface area contributed by atoms with Gasteiger partial charge in [-0.3, -0.25) is 5.41 Å². The molecule has 0 bridgehead atoms. The molecule has 0 radical (unpaired) electrons. The highest BCUT2D eigenvalue weighted by atomic mass is 79.9. The van der Waals surface area contributed by atoms with E-state index in [4.69, 9.17) is 16.2 Å². The number of carboxylic acid groups (broad SMARTS) is 1. The second-order valence-corrected chi connectivity index (χ2v) is 1.99. The van der Waals surface area contributed by atoms with Crippen LogP contribution < -0.4 is 5.73 Å². The van der Waals surface area contributed by atoms with Gasteiger partial charge in [0.1, 0.15) is 10.2 Å². The first-order valence-corrected chi connectivity index (χ1v) is 2.78. The van der Waals surface area contributed by atoms with Crippen LogP contribution in [0, 0.1) is 5.41 Å². The normalized spacial score (nSPS) is 11.0. The molecule has 0 saturated heterocycles. The summed E-state index contributed by atoms with van der Waals surface area (Å²) in [6.07, 6.45) is 0.861. The Morgan fingerprint density at radius 3 is 2.22 bits per heavy atom. The van der Waals surface area contributed by atoms with E-state index in [0.717, 1.165) is 6.20 Å². The molecule has 0 saturated carbocycles. The van der Waals surface area contributed by atoms with Gasteiger partial charge in [-0.15, -0.1) is 0 Å². The van der Waals surface area contributed by atoms with Gasteiger partial charge in [-0.1, -0.05) is 0 Å². The van der Waals surface area contributed by atoms with Crippen molar-refractivity contribution in [3.05, 3.63) is 11.8 Å². The predicted molar refractivity (Wildman–Crippen MR) is 36.6 cm³/mol. The molecule has 9 heavy (non-hydrogen) atoms. The molecule has 50 valence electrons. The third-order valence-electron chi connectivity index (χ3n) is 0.634. The molecule has 0 spiro atoms. The van der Waals surface area contributed by atoms with E-state index in [-0.39, 0.29) is 10.2 Å². The van der Waals surface area contributed by atoms with Crippen molar-refractivity contribution in [2.45, 2.75) is 0 Å². The fourth-order valence-electron chi connectivity index (χ4n) is 0.238. The monoisotopic (exact) mass is 192 g/mol. The third-order valence-corrected chi connectivity index (χ3v) is 1.06. The molecule has 5 heteroatoms. The Morgan fingerprint density at radius 1 is 1.78 bits per heavy atom. The van der Waals surface area contributed by atoms with Gasteiger partial charge in [-0.2, -0.15) is 0 Å². The minimum absolute atomic E-state index is 0.225. The maximum Gasteiger partial charge on any atom is 0.339 e. The lowest BCUT2D eigenvalue weighted by Crippen LogP contribution is -2.07. The second-order valence-electron chi connectivity index (χ2n) is 1.20. The first-order valence-electron chi connectivity index (χ1n) is 1.99. The average molecular weight is 193 g/mol. The van der Waals surface area contributed by atoms with Crippen LogP contribution in [0.4, 0.5) is 0 Å². The second kappa shape index (κ2) is 3.24. The summed E-state index contributed by atoms with van der Waals surface area (Å²) in [5, 5.41) is 15.0. The minimum atomic E-state index is -1.21. The van der Waals surface area contributed by atoms with Gasteiger partial charge < -0.3 is 10.8 Å². The zero-order valence-electron chi connectivity index (χ0n) is 4.39. The van der Waals surface area contributed by atoms with Crippen LogP contribution in [0.25, 0.3) is 0 Å². The number of carboxylic acids is 1. The maximum absolute atomic E-state index is 10.1. The molecule has 0 rings (SSSR count). The van der Waals surface area contributed by atoms with Crippen molar-refractivity contribution in [1.82, 2.24) is 0 Å². The summed E-state index contributed by atoms with van der Waals surface area (Å²) < 4.78 is -0.225. The number of rotatable bonds is 2. The summed E-state index contributed by atoms with van der Waals surface area (Å²) in [4.78, 5) is 10.1. The van der Waals surface area contributed by atoms with Crippen molar-refractivity contribution in [2.24, 2.45) is 5.73 Å². The smallest absolute Gasteiger partial charge is 0.339 e. The molecular weight excluding hydrogens is 188 g/mol. The van der Waals surface area contributed by atoms with Crippen LogP contribution in [0.2, 0.25) is 0 Å². The minimum Gasteiger partial charge on any atom is -0.478 e. The molecular formula is C4H5BrN2O2. The number of halogens is 1. The molecule has 0 heterocycles. The zero-order valence-corrected chi connectivity index (χ0v) is 5.97. The van der Waals surface area contributed by atoms with E-state index < -0.39 is 5.97 Å². The summed E-state index contributed by atoms with van der Waals surface area (Å²) in [5.74, 6) is -1.21. The van der Waals surface area contributed by atoms with Gasteiger partial charge in [0.15, 0.2) is 0 Å². The third kappa shape index (κ3) is 2.27. The molecule has 0 aliphatic carbocycles. The molecule has 0 aliphatic heterocycles. The average Bonchev–Trinajstić information content (AvgIpc) is 1.64. The Kier molecular flexibility index (Phi) is 2.94. The van der Waals surface area contributed by atoms with Crippen LogP contribution in [0.3, 0.4) is 0 Å². The van der Waals surface area contributed by atoms with Crippen molar-refractivity contribution >= 4 is 26.5 Å². The molecule has 0 unspecified atom stereocenters. The zero-order chi connectivity index (χ0) is 7.44. The topological polar surface area (TPSA) is 87.2 Å². The van der Waals surface area contributed by atoms with Crippen LogP contribution in [0.5, 0.6) is 0 Å². The van der Waals surface area contributed by atoms with Crippen LogP contribution >= 0.6 is 15.9 Å². The fraction of sp³-hybridized carbons (Fsp3) is 0. The molecule has 4 N–H and O–H groups in total. The van der Waals surface area contributed by atoms with E-state index in [1.165, 1.54) is 0 Å². The highest BCUT2D eigenvalue weighted by molar-refractivity contribution is 9.18. The summed E-state index contributed by atoms with van der Waals surface area (Å²) in [7, 11) is 0. The Balaban J connectivity index is 4.38. The predicted octanol–water partition coefficient (Wildman–Crippen LogP) is 0.286.